The van der Waals surface area contributed by atoms with E-state index in [-0.39, 0.29) is 11.9 Å². The number of carbonyl (C=O) groups is 1. The highest BCUT2D eigenvalue weighted by Crippen LogP contribution is 2.24. The van der Waals surface area contributed by atoms with Crippen molar-refractivity contribution in [2.45, 2.75) is 18.9 Å². The average Bonchev–Trinajstić information content (AvgIpc) is 2.32. The van der Waals surface area contributed by atoms with Crippen LogP contribution in [0, 0.1) is 0 Å². The smallest absolute Gasteiger partial charge is 0.232 e. The summed E-state index contributed by atoms with van der Waals surface area (Å²) in [6, 6.07) is 0. The number of nitrogens with zero attached hydrogens (tertiary/aromatic N) is 3. The van der Waals surface area contributed by atoms with Gasteiger partial charge in [0.15, 0.2) is 0 Å². The molecule has 0 bridgehead atoms. The van der Waals surface area contributed by atoms with Crippen LogP contribution in [0.25, 0.3) is 0 Å². The molecule has 2 N–H and O–H groups in total. The van der Waals surface area contributed by atoms with Gasteiger partial charge in [0, 0.05) is 13.1 Å². The fourth-order valence-electron chi connectivity index (χ4n) is 1.26. The number of rotatable bonds is 5. The lowest BCUT2D eigenvalue weighted by molar-refractivity contribution is -0.127. The summed E-state index contributed by atoms with van der Waals surface area (Å²) < 4.78 is 0. The summed E-state index contributed by atoms with van der Waals surface area (Å²) in [7, 11) is 0. The summed E-state index contributed by atoms with van der Waals surface area (Å²) in [6.45, 7) is 5.30. The van der Waals surface area contributed by atoms with Gasteiger partial charge >= 0.3 is 0 Å². The minimum atomic E-state index is 0.0632. The first-order chi connectivity index (χ1) is 8.08. The first-order valence-electron chi connectivity index (χ1n) is 5.27. The van der Waals surface area contributed by atoms with Crippen LogP contribution in [0.2, 0.25) is 5.02 Å². The Morgan fingerprint density at radius 2 is 2.18 bits per heavy atom. The van der Waals surface area contributed by atoms with Gasteiger partial charge in [-0.1, -0.05) is 23.4 Å². The van der Waals surface area contributed by atoms with Crippen LogP contribution in [0.4, 0.5) is 5.95 Å². The van der Waals surface area contributed by atoms with E-state index in [1.54, 1.807) is 4.90 Å². The second-order valence-corrected chi connectivity index (χ2v) is 4.61. The Bertz CT molecular complexity index is 398. The molecule has 7 heteroatoms. The zero-order chi connectivity index (χ0) is 12.8. The van der Waals surface area contributed by atoms with E-state index < -0.39 is 0 Å². The van der Waals surface area contributed by atoms with E-state index in [1.165, 1.54) is 18.0 Å². The van der Waals surface area contributed by atoms with Crippen LogP contribution in [0.15, 0.2) is 11.2 Å². The second kappa shape index (κ2) is 6.66. The Morgan fingerprint density at radius 3 is 2.76 bits per heavy atom. The number of nitrogen functional groups attached to an aromatic ring is 1. The van der Waals surface area contributed by atoms with Gasteiger partial charge in [0.05, 0.1) is 17.0 Å². The molecule has 0 atom stereocenters. The third kappa shape index (κ3) is 4.05. The fraction of sp³-hybridized carbons (Fsp3) is 0.500. The first-order valence-corrected chi connectivity index (χ1v) is 6.63. The number of aromatic nitrogens is 2. The van der Waals surface area contributed by atoms with E-state index in [0.717, 1.165) is 0 Å². The molecular weight excluding hydrogens is 260 g/mol. The largest absolute Gasteiger partial charge is 0.368 e. The maximum atomic E-state index is 11.8. The average molecular weight is 275 g/mol. The van der Waals surface area contributed by atoms with Gasteiger partial charge in [0.25, 0.3) is 0 Å². The molecule has 0 radical (unpaired) electrons. The van der Waals surface area contributed by atoms with Crippen LogP contribution in [0.1, 0.15) is 13.8 Å². The molecule has 0 aliphatic carbocycles. The summed E-state index contributed by atoms with van der Waals surface area (Å²) in [5.74, 6) is 0.526. The van der Waals surface area contributed by atoms with E-state index >= 15 is 0 Å². The molecule has 0 aliphatic heterocycles. The van der Waals surface area contributed by atoms with Crippen molar-refractivity contribution in [2.75, 3.05) is 24.6 Å². The summed E-state index contributed by atoms with van der Waals surface area (Å²) in [4.78, 5) is 21.3. The quantitative estimate of drug-likeness (QED) is 0.653. The van der Waals surface area contributed by atoms with Gasteiger partial charge in [-0.15, -0.1) is 0 Å². The van der Waals surface area contributed by atoms with Crippen LogP contribution < -0.4 is 5.73 Å². The molecule has 1 amide bonds. The van der Waals surface area contributed by atoms with Crippen molar-refractivity contribution in [1.82, 2.24) is 14.9 Å². The van der Waals surface area contributed by atoms with Gasteiger partial charge in [-0.05, 0) is 13.8 Å². The molecule has 1 rings (SSSR count). The minimum Gasteiger partial charge on any atom is -0.368 e. The van der Waals surface area contributed by atoms with Crippen LogP contribution in [0.3, 0.4) is 0 Å². The maximum Gasteiger partial charge on any atom is 0.232 e. The summed E-state index contributed by atoms with van der Waals surface area (Å²) in [6.07, 6.45) is 1.44. The number of hydrogen-bond acceptors (Lipinski definition) is 5. The number of halogens is 1. The molecule has 0 fully saturated rings. The Hall–Kier alpha value is -1.01. The van der Waals surface area contributed by atoms with Gasteiger partial charge in [0.1, 0.15) is 5.03 Å². The highest BCUT2D eigenvalue weighted by molar-refractivity contribution is 8.00. The Kier molecular flexibility index (Phi) is 5.50. The molecule has 94 valence electrons. The van der Waals surface area contributed by atoms with E-state index in [1.807, 2.05) is 13.8 Å². The molecular formula is C10H15ClN4OS. The second-order valence-electron chi connectivity index (χ2n) is 3.24. The van der Waals surface area contributed by atoms with Crippen molar-refractivity contribution in [3.8, 4) is 0 Å². The third-order valence-corrected chi connectivity index (χ3v) is 3.54. The van der Waals surface area contributed by atoms with Gasteiger partial charge in [0.2, 0.25) is 11.9 Å². The topological polar surface area (TPSA) is 72.1 Å². The van der Waals surface area contributed by atoms with E-state index in [4.69, 9.17) is 17.3 Å². The number of anilines is 1. The van der Waals surface area contributed by atoms with Gasteiger partial charge < -0.3 is 10.6 Å². The number of carbonyl (C=O) groups excluding carboxylic acids is 1. The predicted octanol–water partition coefficient (Wildman–Crippen LogP) is 1.67. The molecule has 0 saturated heterocycles. The van der Waals surface area contributed by atoms with E-state index in [2.05, 4.69) is 9.97 Å². The zero-order valence-corrected chi connectivity index (χ0v) is 11.4. The summed E-state index contributed by atoms with van der Waals surface area (Å²) in [5.41, 5.74) is 5.46. The Labute approximate surface area is 110 Å². The summed E-state index contributed by atoms with van der Waals surface area (Å²) >= 11 is 7.17. The van der Waals surface area contributed by atoms with Gasteiger partial charge in [-0.25, -0.2) is 9.97 Å². The summed E-state index contributed by atoms with van der Waals surface area (Å²) in [5, 5.41) is 0.955. The van der Waals surface area contributed by atoms with Crippen molar-refractivity contribution >= 4 is 35.2 Å². The molecule has 0 saturated carbocycles. The van der Waals surface area contributed by atoms with E-state index in [0.29, 0.717) is 28.9 Å². The molecule has 1 aromatic heterocycles. The first kappa shape index (κ1) is 14.1. The van der Waals surface area contributed by atoms with Gasteiger partial charge in [-0.2, -0.15) is 0 Å². The van der Waals surface area contributed by atoms with Gasteiger partial charge in [-0.3, -0.25) is 4.79 Å². The lowest BCUT2D eigenvalue weighted by Crippen LogP contribution is -2.31. The minimum absolute atomic E-state index is 0.0632. The highest BCUT2D eigenvalue weighted by Gasteiger charge is 2.12. The monoisotopic (exact) mass is 274 g/mol. The van der Waals surface area contributed by atoms with E-state index in [9.17, 15) is 4.79 Å². The molecule has 17 heavy (non-hydrogen) atoms. The predicted molar refractivity (Wildman–Crippen MR) is 70.1 cm³/mol. The number of nitrogens with two attached hydrogens (primary N) is 1. The van der Waals surface area contributed by atoms with Crippen LogP contribution >= 0.6 is 23.4 Å². The maximum absolute atomic E-state index is 11.8. The van der Waals surface area contributed by atoms with Crippen molar-refractivity contribution in [2.24, 2.45) is 0 Å². The Balaban J connectivity index is 2.61. The van der Waals surface area contributed by atoms with Crippen molar-refractivity contribution in [3.05, 3.63) is 11.2 Å². The number of amides is 1. The number of thioether (sulfide) groups is 1. The standard InChI is InChI=1S/C10H15ClN4OS/c1-3-15(4-2)8(16)6-17-9-7(11)5-13-10(12)14-9/h5H,3-4,6H2,1-2H3,(H2,12,13,14). The molecule has 5 nitrogen and oxygen atoms in total. The Morgan fingerprint density at radius 1 is 1.53 bits per heavy atom. The van der Waals surface area contributed by atoms with Crippen molar-refractivity contribution in [1.29, 1.82) is 0 Å². The molecule has 1 aromatic rings. The highest BCUT2D eigenvalue weighted by atomic mass is 35.5. The molecule has 0 aliphatic rings. The lowest BCUT2D eigenvalue weighted by Gasteiger charge is -2.18. The van der Waals surface area contributed by atoms with Crippen LogP contribution in [-0.2, 0) is 4.79 Å². The van der Waals surface area contributed by atoms with Crippen molar-refractivity contribution in [3.63, 3.8) is 0 Å². The number of hydrogen-bond donors (Lipinski definition) is 1. The fourth-order valence-corrected chi connectivity index (χ4v) is 2.31. The molecule has 0 aromatic carbocycles. The van der Waals surface area contributed by atoms with Crippen LogP contribution in [0.5, 0.6) is 0 Å². The lowest BCUT2D eigenvalue weighted by atomic mass is 10.5. The van der Waals surface area contributed by atoms with Crippen molar-refractivity contribution < 1.29 is 4.79 Å². The normalized spacial score (nSPS) is 10.3. The zero-order valence-electron chi connectivity index (χ0n) is 9.81. The molecule has 1 heterocycles. The third-order valence-electron chi connectivity index (χ3n) is 2.18. The SMILES string of the molecule is CCN(CC)C(=O)CSc1nc(N)ncc1Cl. The van der Waals surface area contributed by atoms with Crippen LogP contribution in [-0.4, -0.2) is 39.6 Å². The molecule has 0 spiro atoms. The molecule has 0 unspecified atom stereocenters.